The number of nitrogens with zero attached hydrogens (tertiary/aromatic N) is 2. The predicted molar refractivity (Wildman–Crippen MR) is 97.1 cm³/mol. The molecule has 1 aliphatic rings. The van der Waals surface area contributed by atoms with Crippen LogP contribution >= 0.6 is 0 Å². The van der Waals surface area contributed by atoms with E-state index in [1.54, 1.807) is 12.1 Å². The van der Waals surface area contributed by atoms with Gasteiger partial charge in [0.2, 0.25) is 18.6 Å². The summed E-state index contributed by atoms with van der Waals surface area (Å²) in [6, 6.07) is 3.21. The standard InChI is InChI=1S/C19H23N3O5/c1-11(23)12-8-14-15(26-10-25-14)9-13(12)20-16(24)6-5-7-17-21-18(22-27-17)19(2,3)4/h8-9H,5-7,10H2,1-4H3,(H,20,24). The van der Waals surface area contributed by atoms with Crippen molar-refractivity contribution in [3.05, 3.63) is 29.4 Å². The molecule has 27 heavy (non-hydrogen) atoms. The number of hydrogen-bond acceptors (Lipinski definition) is 7. The SMILES string of the molecule is CC(=O)c1cc2c(cc1NC(=O)CCCc1nc(C(C)(C)C)no1)OCO2. The Morgan fingerprint density at radius 3 is 2.52 bits per heavy atom. The number of aromatic nitrogens is 2. The van der Waals surface area contributed by atoms with Gasteiger partial charge in [0.05, 0.1) is 5.69 Å². The van der Waals surface area contributed by atoms with Gasteiger partial charge in [-0.25, -0.2) is 0 Å². The van der Waals surface area contributed by atoms with Crippen LogP contribution in [0.4, 0.5) is 5.69 Å². The summed E-state index contributed by atoms with van der Waals surface area (Å²) in [6.45, 7) is 7.56. The van der Waals surface area contributed by atoms with Gasteiger partial charge < -0.3 is 19.3 Å². The van der Waals surface area contributed by atoms with Crippen LogP contribution in [0.1, 0.15) is 62.6 Å². The molecular weight excluding hydrogens is 350 g/mol. The maximum Gasteiger partial charge on any atom is 0.231 e. The van der Waals surface area contributed by atoms with E-state index in [-0.39, 0.29) is 30.3 Å². The smallest absolute Gasteiger partial charge is 0.231 e. The second kappa shape index (κ2) is 7.38. The van der Waals surface area contributed by atoms with Crippen molar-refractivity contribution in [2.24, 2.45) is 0 Å². The van der Waals surface area contributed by atoms with E-state index in [9.17, 15) is 9.59 Å². The van der Waals surface area contributed by atoms with E-state index in [1.807, 2.05) is 20.8 Å². The molecule has 1 N–H and O–H groups in total. The van der Waals surface area contributed by atoms with Gasteiger partial charge in [0.1, 0.15) is 0 Å². The number of carbonyl (C=O) groups excluding carboxylic acids is 2. The summed E-state index contributed by atoms with van der Waals surface area (Å²) >= 11 is 0. The summed E-state index contributed by atoms with van der Waals surface area (Å²) in [5.74, 6) is 1.81. The molecule has 1 aliphatic heterocycles. The zero-order chi connectivity index (χ0) is 19.6. The molecule has 0 aliphatic carbocycles. The first-order valence-electron chi connectivity index (χ1n) is 8.81. The molecule has 0 saturated heterocycles. The lowest BCUT2D eigenvalue weighted by Gasteiger charge is -2.11. The summed E-state index contributed by atoms with van der Waals surface area (Å²) in [5, 5.41) is 6.74. The lowest BCUT2D eigenvalue weighted by atomic mass is 9.96. The summed E-state index contributed by atoms with van der Waals surface area (Å²) in [7, 11) is 0. The first-order chi connectivity index (χ1) is 12.7. The first-order valence-corrected chi connectivity index (χ1v) is 8.81. The number of amides is 1. The van der Waals surface area contributed by atoms with Crippen LogP contribution in [0, 0.1) is 0 Å². The molecule has 2 aromatic rings. The highest BCUT2D eigenvalue weighted by Gasteiger charge is 2.22. The molecule has 0 fully saturated rings. The summed E-state index contributed by atoms with van der Waals surface area (Å²) in [4.78, 5) is 28.5. The minimum absolute atomic E-state index is 0.102. The van der Waals surface area contributed by atoms with Gasteiger partial charge in [0.15, 0.2) is 23.1 Å². The van der Waals surface area contributed by atoms with Gasteiger partial charge in [-0.2, -0.15) is 4.98 Å². The second-order valence-corrected chi connectivity index (χ2v) is 7.47. The molecule has 2 heterocycles. The first kappa shape index (κ1) is 18.9. The zero-order valence-electron chi connectivity index (χ0n) is 15.9. The highest BCUT2D eigenvalue weighted by molar-refractivity contribution is 6.04. The number of fused-ring (bicyclic) bond motifs is 1. The quantitative estimate of drug-likeness (QED) is 0.775. The van der Waals surface area contributed by atoms with Crippen LogP contribution in [-0.4, -0.2) is 28.6 Å². The van der Waals surface area contributed by atoms with E-state index in [0.717, 1.165) is 0 Å². The number of carbonyl (C=O) groups is 2. The Kier molecular flexibility index (Phi) is 5.16. The predicted octanol–water partition coefficient (Wildman–Crippen LogP) is 3.26. The van der Waals surface area contributed by atoms with Gasteiger partial charge in [-0.15, -0.1) is 0 Å². The van der Waals surface area contributed by atoms with Gasteiger partial charge in [-0.1, -0.05) is 25.9 Å². The van der Waals surface area contributed by atoms with E-state index < -0.39 is 0 Å². The number of aryl methyl sites for hydroxylation is 1. The average Bonchev–Trinajstić information content (AvgIpc) is 3.22. The number of anilines is 1. The largest absolute Gasteiger partial charge is 0.454 e. The van der Waals surface area contributed by atoms with E-state index >= 15 is 0 Å². The van der Waals surface area contributed by atoms with Crippen molar-refractivity contribution in [2.75, 3.05) is 12.1 Å². The Morgan fingerprint density at radius 1 is 1.19 bits per heavy atom. The number of ketones is 1. The van der Waals surface area contributed by atoms with Gasteiger partial charge in [0, 0.05) is 29.9 Å². The van der Waals surface area contributed by atoms with Gasteiger partial charge >= 0.3 is 0 Å². The third-order valence-corrected chi connectivity index (χ3v) is 4.10. The maximum atomic E-state index is 12.3. The maximum absolute atomic E-state index is 12.3. The normalized spacial score (nSPS) is 12.9. The van der Waals surface area contributed by atoms with Crippen molar-refractivity contribution in [1.29, 1.82) is 0 Å². The fourth-order valence-corrected chi connectivity index (χ4v) is 2.61. The number of benzene rings is 1. The Hall–Kier alpha value is -2.90. The number of nitrogens with one attached hydrogen (secondary N) is 1. The van der Waals surface area contributed by atoms with Crippen molar-refractivity contribution >= 4 is 17.4 Å². The van der Waals surface area contributed by atoms with E-state index in [4.69, 9.17) is 14.0 Å². The van der Waals surface area contributed by atoms with Crippen molar-refractivity contribution in [2.45, 2.75) is 52.4 Å². The zero-order valence-corrected chi connectivity index (χ0v) is 15.9. The number of ether oxygens (including phenoxy) is 2. The van der Waals surface area contributed by atoms with Crippen LogP contribution < -0.4 is 14.8 Å². The fourth-order valence-electron chi connectivity index (χ4n) is 2.61. The van der Waals surface area contributed by atoms with E-state index in [2.05, 4.69) is 15.5 Å². The summed E-state index contributed by atoms with van der Waals surface area (Å²) < 4.78 is 15.8. The monoisotopic (exact) mass is 373 g/mol. The Labute approximate surface area is 157 Å². The van der Waals surface area contributed by atoms with E-state index in [1.165, 1.54) is 6.92 Å². The van der Waals surface area contributed by atoms with Crippen molar-refractivity contribution in [1.82, 2.24) is 10.1 Å². The molecule has 0 radical (unpaired) electrons. The van der Waals surface area contributed by atoms with Gasteiger partial charge in [-0.05, 0) is 19.4 Å². The van der Waals surface area contributed by atoms with Gasteiger partial charge in [0.25, 0.3) is 0 Å². The lowest BCUT2D eigenvalue weighted by Crippen LogP contribution is -2.14. The number of Topliss-reactive ketones (excluding diaryl/α,β-unsaturated/α-hetero) is 1. The van der Waals surface area contributed by atoms with Gasteiger partial charge in [-0.3, -0.25) is 9.59 Å². The molecule has 0 atom stereocenters. The Balaban J connectivity index is 1.58. The molecule has 0 spiro atoms. The second-order valence-electron chi connectivity index (χ2n) is 7.47. The molecule has 0 bridgehead atoms. The third kappa shape index (κ3) is 4.45. The lowest BCUT2D eigenvalue weighted by molar-refractivity contribution is -0.116. The van der Waals surface area contributed by atoms with Crippen LogP contribution in [0.3, 0.4) is 0 Å². The third-order valence-electron chi connectivity index (χ3n) is 4.10. The van der Waals surface area contributed by atoms with E-state index in [0.29, 0.717) is 47.3 Å². The highest BCUT2D eigenvalue weighted by atomic mass is 16.7. The fraction of sp³-hybridized carbons (Fsp3) is 0.474. The average molecular weight is 373 g/mol. The summed E-state index contributed by atoms with van der Waals surface area (Å²) in [5.41, 5.74) is 0.630. The molecule has 0 unspecified atom stereocenters. The van der Waals surface area contributed by atoms with Crippen LogP contribution in [0.25, 0.3) is 0 Å². The summed E-state index contributed by atoms with van der Waals surface area (Å²) in [6.07, 6.45) is 1.33. The molecule has 8 nitrogen and oxygen atoms in total. The molecule has 1 aromatic heterocycles. The minimum Gasteiger partial charge on any atom is -0.454 e. The Morgan fingerprint density at radius 2 is 1.89 bits per heavy atom. The number of hydrogen-bond donors (Lipinski definition) is 1. The molecule has 3 rings (SSSR count). The van der Waals surface area contributed by atoms with Crippen molar-refractivity contribution in [3.8, 4) is 11.5 Å². The molecule has 8 heteroatoms. The Bertz CT molecular complexity index is 867. The molecule has 1 amide bonds. The van der Waals surface area contributed by atoms with Crippen LogP contribution in [0.15, 0.2) is 16.7 Å². The van der Waals surface area contributed by atoms with Crippen molar-refractivity contribution < 1.29 is 23.6 Å². The molecule has 144 valence electrons. The van der Waals surface area contributed by atoms with Crippen LogP contribution in [-0.2, 0) is 16.6 Å². The van der Waals surface area contributed by atoms with Crippen LogP contribution in [0.5, 0.6) is 11.5 Å². The van der Waals surface area contributed by atoms with Crippen LogP contribution in [0.2, 0.25) is 0 Å². The number of rotatable bonds is 6. The molecular formula is C19H23N3O5. The molecule has 0 saturated carbocycles. The molecule has 1 aromatic carbocycles. The topological polar surface area (TPSA) is 104 Å². The minimum atomic E-state index is -0.202. The van der Waals surface area contributed by atoms with Crippen molar-refractivity contribution in [3.63, 3.8) is 0 Å². The highest BCUT2D eigenvalue weighted by Crippen LogP contribution is 2.37.